The van der Waals surface area contributed by atoms with Crippen molar-refractivity contribution in [3.63, 3.8) is 0 Å². The van der Waals surface area contributed by atoms with E-state index >= 15 is 0 Å². The van der Waals surface area contributed by atoms with E-state index in [1.165, 1.54) is 12.1 Å². The summed E-state index contributed by atoms with van der Waals surface area (Å²) in [6.07, 6.45) is 0.983. The van der Waals surface area contributed by atoms with E-state index in [1.807, 2.05) is 0 Å². The number of hydrogen-bond acceptors (Lipinski definition) is 4. The van der Waals surface area contributed by atoms with Crippen LogP contribution in [0.3, 0.4) is 0 Å². The first-order chi connectivity index (χ1) is 6.50. The van der Waals surface area contributed by atoms with Gasteiger partial charge in [0.25, 0.3) is 0 Å². The predicted octanol–water partition coefficient (Wildman–Crippen LogP) is 1.97. The summed E-state index contributed by atoms with van der Waals surface area (Å²) in [7, 11) is 0. The number of nitrogens with zero attached hydrogens (tertiary/aromatic N) is 1. The second-order valence-electron chi connectivity index (χ2n) is 3.00. The molecule has 0 bridgehead atoms. The molecule has 0 fully saturated rings. The first-order valence-electron chi connectivity index (χ1n) is 4.11. The number of hydrogen-bond donors (Lipinski definition) is 1. The van der Waals surface area contributed by atoms with Gasteiger partial charge in [0.1, 0.15) is 10.7 Å². The Morgan fingerprint density at radius 1 is 1.71 bits per heavy atom. The Balaban J connectivity index is 2.88. The average molecular weight is 197 g/mol. The highest BCUT2D eigenvalue weighted by molar-refractivity contribution is 5.49. The van der Waals surface area contributed by atoms with Crippen molar-refractivity contribution in [3.05, 3.63) is 33.6 Å². The van der Waals surface area contributed by atoms with Gasteiger partial charge >= 0.3 is 5.88 Å². The molecule has 1 unspecified atom stereocenters. The zero-order valence-electron chi connectivity index (χ0n) is 7.93. The van der Waals surface area contributed by atoms with Gasteiger partial charge in [-0.25, -0.2) is 0 Å². The van der Waals surface area contributed by atoms with Gasteiger partial charge in [0, 0.05) is 0 Å². The van der Waals surface area contributed by atoms with Gasteiger partial charge in [-0.15, -0.1) is 0 Å². The molecule has 0 aromatic carbocycles. The molecule has 1 aromatic rings. The quantitative estimate of drug-likeness (QED) is 0.593. The third-order valence-corrected chi connectivity index (χ3v) is 1.82. The SMILES string of the molecule is C/C(=C\c1ccc([N+](=O)[O-])o1)C(C)O. The molecule has 1 atom stereocenters. The molecule has 14 heavy (non-hydrogen) atoms. The molecule has 5 heteroatoms. The summed E-state index contributed by atoms with van der Waals surface area (Å²) in [5.74, 6) is 0.0738. The van der Waals surface area contributed by atoms with Crippen molar-refractivity contribution < 1.29 is 14.4 Å². The van der Waals surface area contributed by atoms with E-state index in [4.69, 9.17) is 9.52 Å². The lowest BCUT2D eigenvalue weighted by Crippen LogP contribution is -1.99. The maximum absolute atomic E-state index is 10.3. The molecule has 1 N–H and O–H groups in total. The maximum atomic E-state index is 10.3. The highest BCUT2D eigenvalue weighted by atomic mass is 16.6. The molecule has 0 aliphatic rings. The van der Waals surface area contributed by atoms with Crippen molar-refractivity contribution in [1.82, 2.24) is 0 Å². The first kappa shape index (κ1) is 10.5. The fourth-order valence-electron chi connectivity index (χ4n) is 0.863. The highest BCUT2D eigenvalue weighted by Crippen LogP contribution is 2.18. The molecule has 1 heterocycles. The van der Waals surface area contributed by atoms with Crippen molar-refractivity contribution in [2.45, 2.75) is 20.0 Å². The summed E-state index contributed by atoms with van der Waals surface area (Å²) >= 11 is 0. The van der Waals surface area contributed by atoms with E-state index in [0.29, 0.717) is 11.3 Å². The Morgan fingerprint density at radius 2 is 2.36 bits per heavy atom. The van der Waals surface area contributed by atoms with E-state index in [9.17, 15) is 10.1 Å². The third-order valence-electron chi connectivity index (χ3n) is 1.82. The van der Waals surface area contributed by atoms with Crippen molar-refractivity contribution in [3.8, 4) is 0 Å². The van der Waals surface area contributed by atoms with E-state index in [2.05, 4.69) is 0 Å². The van der Waals surface area contributed by atoms with E-state index in [0.717, 1.165) is 0 Å². The maximum Gasteiger partial charge on any atom is 0.433 e. The van der Waals surface area contributed by atoms with Gasteiger partial charge in [0.05, 0.1) is 12.2 Å². The summed E-state index contributed by atoms with van der Waals surface area (Å²) in [6.45, 7) is 3.34. The summed E-state index contributed by atoms with van der Waals surface area (Å²) in [6, 6.07) is 2.77. The van der Waals surface area contributed by atoms with Gasteiger partial charge in [0.15, 0.2) is 0 Å². The van der Waals surface area contributed by atoms with Crippen LogP contribution in [-0.2, 0) is 0 Å². The second kappa shape index (κ2) is 4.06. The molecule has 0 amide bonds. The summed E-state index contributed by atoms with van der Waals surface area (Å²) in [5.41, 5.74) is 0.689. The Morgan fingerprint density at radius 3 is 2.79 bits per heavy atom. The van der Waals surface area contributed by atoms with Crippen molar-refractivity contribution in [1.29, 1.82) is 0 Å². The van der Waals surface area contributed by atoms with Crippen LogP contribution in [0, 0.1) is 10.1 Å². The van der Waals surface area contributed by atoms with E-state index in [1.54, 1.807) is 19.9 Å². The minimum atomic E-state index is -0.602. The number of rotatable bonds is 3. The van der Waals surface area contributed by atoms with Crippen LogP contribution in [0.4, 0.5) is 5.88 Å². The summed E-state index contributed by atoms with van der Waals surface area (Å²) < 4.78 is 4.88. The van der Waals surface area contributed by atoms with E-state index < -0.39 is 11.0 Å². The van der Waals surface area contributed by atoms with Crippen molar-refractivity contribution >= 4 is 12.0 Å². The van der Waals surface area contributed by atoms with Gasteiger partial charge in [-0.3, -0.25) is 10.1 Å². The standard InChI is InChI=1S/C9H11NO4/c1-6(7(2)11)5-8-3-4-9(14-8)10(12)13/h3-5,7,11H,1-2H3/b6-5+. The smallest absolute Gasteiger partial charge is 0.401 e. The Hall–Kier alpha value is -1.62. The average Bonchev–Trinajstić information content (AvgIpc) is 2.52. The molecule has 0 aliphatic carbocycles. The Bertz CT molecular complexity index is 365. The number of aliphatic hydroxyl groups is 1. The summed E-state index contributed by atoms with van der Waals surface area (Å²) in [5, 5.41) is 19.4. The van der Waals surface area contributed by atoms with Crippen LogP contribution in [0.25, 0.3) is 6.08 Å². The van der Waals surface area contributed by atoms with Crippen LogP contribution in [0.1, 0.15) is 19.6 Å². The van der Waals surface area contributed by atoms with Crippen LogP contribution >= 0.6 is 0 Å². The molecule has 1 rings (SSSR count). The lowest BCUT2D eigenvalue weighted by molar-refractivity contribution is -0.402. The third kappa shape index (κ3) is 2.43. The molecule has 0 saturated carbocycles. The van der Waals surface area contributed by atoms with Crippen LogP contribution in [0.5, 0.6) is 0 Å². The fourth-order valence-corrected chi connectivity index (χ4v) is 0.863. The van der Waals surface area contributed by atoms with Crippen LogP contribution in [-0.4, -0.2) is 16.1 Å². The molecule has 1 aromatic heterocycles. The molecule has 0 aliphatic heterocycles. The Kier molecular flexibility index (Phi) is 3.03. The molecule has 5 nitrogen and oxygen atoms in total. The highest BCUT2D eigenvalue weighted by Gasteiger charge is 2.10. The molecular weight excluding hydrogens is 186 g/mol. The van der Waals surface area contributed by atoms with Crippen LogP contribution in [0.2, 0.25) is 0 Å². The number of nitro groups is 1. The zero-order valence-corrected chi connectivity index (χ0v) is 7.93. The summed E-state index contributed by atoms with van der Waals surface area (Å²) in [4.78, 5) is 9.67. The van der Waals surface area contributed by atoms with Gasteiger partial charge in [-0.1, -0.05) is 0 Å². The van der Waals surface area contributed by atoms with Gasteiger partial charge in [-0.2, -0.15) is 0 Å². The lowest BCUT2D eigenvalue weighted by Gasteiger charge is -2.01. The predicted molar refractivity (Wildman–Crippen MR) is 50.7 cm³/mol. The second-order valence-corrected chi connectivity index (χ2v) is 3.00. The Labute approximate surface area is 80.8 Å². The normalized spacial score (nSPS) is 14.1. The van der Waals surface area contributed by atoms with Crippen LogP contribution < -0.4 is 0 Å². The molecule has 0 spiro atoms. The van der Waals surface area contributed by atoms with Gasteiger partial charge in [-0.05, 0) is 31.6 Å². The van der Waals surface area contributed by atoms with Crippen molar-refractivity contribution in [2.24, 2.45) is 0 Å². The lowest BCUT2D eigenvalue weighted by atomic mass is 10.2. The molecule has 0 saturated heterocycles. The number of aliphatic hydroxyl groups excluding tert-OH is 1. The monoisotopic (exact) mass is 197 g/mol. The molecule has 0 radical (unpaired) electrons. The van der Waals surface area contributed by atoms with Gasteiger partial charge < -0.3 is 9.52 Å². The minimum Gasteiger partial charge on any atom is -0.401 e. The first-order valence-corrected chi connectivity index (χ1v) is 4.11. The van der Waals surface area contributed by atoms with E-state index in [-0.39, 0.29) is 5.88 Å². The topological polar surface area (TPSA) is 76.5 Å². The zero-order chi connectivity index (χ0) is 10.7. The molecular formula is C9H11NO4. The van der Waals surface area contributed by atoms with Crippen molar-refractivity contribution in [2.75, 3.05) is 0 Å². The minimum absolute atomic E-state index is 0.297. The van der Waals surface area contributed by atoms with Gasteiger partial charge in [0.2, 0.25) is 0 Å². The fraction of sp³-hybridized carbons (Fsp3) is 0.333. The largest absolute Gasteiger partial charge is 0.433 e. The molecule has 76 valence electrons. The van der Waals surface area contributed by atoms with Crippen LogP contribution in [0.15, 0.2) is 22.1 Å². The number of furan rings is 1.